The van der Waals surface area contributed by atoms with Gasteiger partial charge < -0.3 is 5.11 Å². The van der Waals surface area contributed by atoms with Crippen molar-refractivity contribution in [2.24, 2.45) is 5.92 Å². The van der Waals surface area contributed by atoms with Crippen LogP contribution in [0.15, 0.2) is 12.2 Å². The Hall–Kier alpha value is -0.630. The van der Waals surface area contributed by atoms with Crippen molar-refractivity contribution in [2.45, 2.75) is 39.7 Å². The van der Waals surface area contributed by atoms with Crippen LogP contribution >= 0.6 is 0 Å². The van der Waals surface area contributed by atoms with Crippen LogP contribution < -0.4 is 0 Å². The number of Topliss-reactive ketones (excluding diaryl/α,β-unsaturated/α-hetero) is 1. The van der Waals surface area contributed by atoms with Crippen LogP contribution in [0.25, 0.3) is 0 Å². The summed E-state index contributed by atoms with van der Waals surface area (Å²) in [5, 5.41) is 9.35. The molecule has 0 fully saturated rings. The van der Waals surface area contributed by atoms with Crippen molar-refractivity contribution >= 4 is 5.78 Å². The molecule has 70 valence electrons. The number of aliphatic hydroxyl groups is 1. The summed E-state index contributed by atoms with van der Waals surface area (Å²) in [4.78, 5) is 10.8. The third kappa shape index (κ3) is 4.29. The van der Waals surface area contributed by atoms with Gasteiger partial charge in [-0.3, -0.25) is 4.79 Å². The van der Waals surface area contributed by atoms with Crippen molar-refractivity contribution in [2.75, 3.05) is 0 Å². The average Bonchev–Trinajstić information content (AvgIpc) is 1.98. The van der Waals surface area contributed by atoms with Crippen molar-refractivity contribution in [3.8, 4) is 0 Å². The molecular formula is C10H18O2. The van der Waals surface area contributed by atoms with Crippen molar-refractivity contribution < 1.29 is 9.90 Å². The SMILES string of the molecule is C=C(C)C(O)CCC(C)C(C)=O. The van der Waals surface area contributed by atoms with Crippen LogP contribution in [0.2, 0.25) is 0 Å². The monoisotopic (exact) mass is 170 g/mol. The molecule has 0 heterocycles. The van der Waals surface area contributed by atoms with E-state index in [0.717, 1.165) is 12.0 Å². The molecule has 2 unspecified atom stereocenters. The molecule has 0 spiro atoms. The molecule has 2 atom stereocenters. The minimum absolute atomic E-state index is 0.0546. The van der Waals surface area contributed by atoms with Gasteiger partial charge in [-0.25, -0.2) is 0 Å². The number of carbonyl (C=O) groups is 1. The van der Waals surface area contributed by atoms with Gasteiger partial charge in [0.1, 0.15) is 5.78 Å². The predicted octanol–water partition coefficient (Wildman–Crippen LogP) is 1.93. The molecule has 0 aliphatic rings. The number of ketones is 1. The van der Waals surface area contributed by atoms with Gasteiger partial charge in [0, 0.05) is 5.92 Å². The van der Waals surface area contributed by atoms with Crippen LogP contribution in [0, 0.1) is 5.92 Å². The van der Waals surface area contributed by atoms with E-state index >= 15 is 0 Å². The molecule has 0 saturated carbocycles. The molecule has 2 nitrogen and oxygen atoms in total. The molecule has 0 amide bonds. The van der Waals surface area contributed by atoms with E-state index in [4.69, 9.17) is 0 Å². The van der Waals surface area contributed by atoms with Gasteiger partial charge in [-0.2, -0.15) is 0 Å². The molecule has 0 saturated heterocycles. The summed E-state index contributed by atoms with van der Waals surface area (Å²) in [5.41, 5.74) is 0.769. The van der Waals surface area contributed by atoms with Gasteiger partial charge in [-0.05, 0) is 26.7 Å². The predicted molar refractivity (Wildman–Crippen MR) is 49.9 cm³/mol. The Kier molecular flexibility index (Phi) is 4.83. The van der Waals surface area contributed by atoms with Crippen LogP contribution in [-0.4, -0.2) is 17.0 Å². The van der Waals surface area contributed by atoms with Gasteiger partial charge in [0.2, 0.25) is 0 Å². The number of hydrogen-bond donors (Lipinski definition) is 1. The molecule has 0 bridgehead atoms. The van der Waals surface area contributed by atoms with Gasteiger partial charge in [0.05, 0.1) is 6.10 Å². The smallest absolute Gasteiger partial charge is 0.132 e. The summed E-state index contributed by atoms with van der Waals surface area (Å²) in [6.45, 7) is 8.90. The topological polar surface area (TPSA) is 37.3 Å². The zero-order valence-corrected chi connectivity index (χ0v) is 8.13. The molecule has 0 aromatic rings. The molecule has 0 aliphatic heterocycles. The molecule has 1 N–H and O–H groups in total. The van der Waals surface area contributed by atoms with Crippen LogP contribution in [0.4, 0.5) is 0 Å². The highest BCUT2D eigenvalue weighted by Gasteiger charge is 2.11. The van der Waals surface area contributed by atoms with Crippen LogP contribution in [-0.2, 0) is 4.79 Å². The Morgan fingerprint density at radius 3 is 2.25 bits per heavy atom. The molecular weight excluding hydrogens is 152 g/mol. The molecule has 2 heteroatoms. The average molecular weight is 170 g/mol. The standard InChI is InChI=1S/C10H18O2/c1-7(2)10(12)6-5-8(3)9(4)11/h8,10,12H,1,5-6H2,2-4H3. The lowest BCUT2D eigenvalue weighted by molar-refractivity contribution is -0.120. The lowest BCUT2D eigenvalue weighted by atomic mass is 9.97. The lowest BCUT2D eigenvalue weighted by Gasteiger charge is -2.12. The normalized spacial score (nSPS) is 15.3. The molecule has 0 rings (SSSR count). The Bertz CT molecular complexity index is 153. The van der Waals surface area contributed by atoms with Crippen molar-refractivity contribution in [1.29, 1.82) is 0 Å². The first-order chi connectivity index (χ1) is 5.45. The molecule has 0 radical (unpaired) electrons. The van der Waals surface area contributed by atoms with E-state index in [2.05, 4.69) is 6.58 Å². The van der Waals surface area contributed by atoms with Gasteiger partial charge in [-0.15, -0.1) is 0 Å². The second kappa shape index (κ2) is 5.09. The van der Waals surface area contributed by atoms with E-state index in [9.17, 15) is 9.90 Å². The van der Waals surface area contributed by atoms with E-state index in [1.165, 1.54) is 0 Å². The van der Waals surface area contributed by atoms with Gasteiger partial charge in [0.25, 0.3) is 0 Å². The summed E-state index contributed by atoms with van der Waals surface area (Å²) in [7, 11) is 0. The maximum Gasteiger partial charge on any atom is 0.132 e. The highest BCUT2D eigenvalue weighted by atomic mass is 16.3. The van der Waals surface area contributed by atoms with Gasteiger partial charge in [0.15, 0.2) is 0 Å². The van der Waals surface area contributed by atoms with Crippen molar-refractivity contribution in [3.63, 3.8) is 0 Å². The number of rotatable bonds is 5. The first-order valence-corrected chi connectivity index (χ1v) is 4.29. The Morgan fingerprint density at radius 1 is 1.42 bits per heavy atom. The number of hydrogen-bond acceptors (Lipinski definition) is 2. The van der Waals surface area contributed by atoms with E-state index in [0.29, 0.717) is 6.42 Å². The quantitative estimate of drug-likeness (QED) is 0.640. The number of aliphatic hydroxyl groups excluding tert-OH is 1. The van der Waals surface area contributed by atoms with Gasteiger partial charge >= 0.3 is 0 Å². The molecule has 0 aliphatic carbocycles. The zero-order valence-electron chi connectivity index (χ0n) is 8.13. The molecule has 0 aromatic carbocycles. The second-order valence-corrected chi connectivity index (χ2v) is 3.45. The van der Waals surface area contributed by atoms with E-state index in [1.54, 1.807) is 13.8 Å². The fourth-order valence-electron chi connectivity index (χ4n) is 0.858. The molecule has 0 aromatic heterocycles. The second-order valence-electron chi connectivity index (χ2n) is 3.45. The maximum atomic E-state index is 10.8. The largest absolute Gasteiger partial charge is 0.389 e. The highest BCUT2D eigenvalue weighted by molar-refractivity contribution is 5.77. The summed E-state index contributed by atoms with van der Waals surface area (Å²) in [6, 6.07) is 0. The first-order valence-electron chi connectivity index (χ1n) is 4.29. The third-order valence-corrected chi connectivity index (χ3v) is 2.14. The fourth-order valence-corrected chi connectivity index (χ4v) is 0.858. The van der Waals surface area contributed by atoms with E-state index in [1.807, 2.05) is 6.92 Å². The summed E-state index contributed by atoms with van der Waals surface area (Å²) in [5.74, 6) is 0.239. The summed E-state index contributed by atoms with van der Waals surface area (Å²) in [6.07, 6.45) is 0.922. The summed E-state index contributed by atoms with van der Waals surface area (Å²) < 4.78 is 0. The Labute approximate surface area is 74.3 Å². The third-order valence-electron chi connectivity index (χ3n) is 2.14. The first kappa shape index (κ1) is 11.4. The van der Waals surface area contributed by atoms with E-state index < -0.39 is 6.10 Å². The minimum Gasteiger partial charge on any atom is -0.389 e. The van der Waals surface area contributed by atoms with Crippen LogP contribution in [0.1, 0.15) is 33.6 Å². The maximum absolute atomic E-state index is 10.8. The minimum atomic E-state index is -0.452. The highest BCUT2D eigenvalue weighted by Crippen LogP contribution is 2.12. The zero-order chi connectivity index (χ0) is 9.72. The fraction of sp³-hybridized carbons (Fsp3) is 0.700. The van der Waals surface area contributed by atoms with Crippen LogP contribution in [0.3, 0.4) is 0 Å². The van der Waals surface area contributed by atoms with Crippen molar-refractivity contribution in [3.05, 3.63) is 12.2 Å². The lowest BCUT2D eigenvalue weighted by Crippen LogP contribution is -2.12. The Balaban J connectivity index is 3.68. The molecule has 12 heavy (non-hydrogen) atoms. The summed E-state index contributed by atoms with van der Waals surface area (Å²) >= 11 is 0. The van der Waals surface area contributed by atoms with Crippen LogP contribution in [0.5, 0.6) is 0 Å². The Morgan fingerprint density at radius 2 is 1.92 bits per heavy atom. The van der Waals surface area contributed by atoms with E-state index in [-0.39, 0.29) is 11.7 Å². The van der Waals surface area contributed by atoms with Gasteiger partial charge in [-0.1, -0.05) is 19.1 Å². The van der Waals surface area contributed by atoms with Crippen molar-refractivity contribution in [1.82, 2.24) is 0 Å². The number of carbonyl (C=O) groups excluding carboxylic acids is 1.